The van der Waals surface area contributed by atoms with Crippen LogP contribution in [0.4, 0.5) is 11.5 Å². The maximum Gasteiger partial charge on any atom is 0.224 e. The Labute approximate surface area is 158 Å². The van der Waals surface area contributed by atoms with Gasteiger partial charge in [-0.15, -0.1) is 5.10 Å². The lowest BCUT2D eigenvalue weighted by molar-refractivity contribution is -0.120. The lowest BCUT2D eigenvalue weighted by Crippen LogP contribution is -2.36. The number of carbonyl (C=O) groups is 1. The second-order valence-electron chi connectivity index (χ2n) is 6.20. The van der Waals surface area contributed by atoms with Crippen LogP contribution in [0.1, 0.15) is 5.56 Å². The number of methoxy groups -OCH3 is 1. The van der Waals surface area contributed by atoms with Crippen molar-refractivity contribution >= 4 is 17.4 Å². The lowest BCUT2D eigenvalue weighted by Gasteiger charge is -2.28. The van der Waals surface area contributed by atoms with Crippen molar-refractivity contribution in [3.8, 4) is 5.75 Å². The number of anilines is 2. The van der Waals surface area contributed by atoms with Crippen molar-refractivity contribution in [2.24, 2.45) is 0 Å². The number of ether oxygens (including phenoxy) is 2. The number of nitrogens with one attached hydrogen (secondary N) is 2. The van der Waals surface area contributed by atoms with Gasteiger partial charge in [-0.2, -0.15) is 5.10 Å². The number of rotatable bonds is 8. The van der Waals surface area contributed by atoms with E-state index in [1.807, 2.05) is 30.3 Å². The maximum absolute atomic E-state index is 12.0. The van der Waals surface area contributed by atoms with E-state index in [2.05, 4.69) is 25.7 Å². The molecule has 1 aliphatic heterocycles. The molecule has 0 spiro atoms. The molecule has 1 amide bonds. The Morgan fingerprint density at radius 2 is 2.00 bits per heavy atom. The Hall–Kier alpha value is -2.87. The minimum absolute atomic E-state index is 0.0184. The Balaban J connectivity index is 1.39. The SMILES string of the molecule is COc1ccc(CC(=O)NCCNc2cc(N3CCOCC3)cnn2)cc1. The fourth-order valence-electron chi connectivity index (χ4n) is 2.82. The third kappa shape index (κ3) is 5.82. The highest BCUT2D eigenvalue weighted by atomic mass is 16.5. The molecule has 1 aromatic heterocycles. The van der Waals surface area contributed by atoms with Gasteiger partial charge in [0.25, 0.3) is 0 Å². The summed E-state index contributed by atoms with van der Waals surface area (Å²) in [6, 6.07) is 9.46. The average Bonchev–Trinajstić information content (AvgIpc) is 2.73. The zero-order valence-corrected chi connectivity index (χ0v) is 15.5. The van der Waals surface area contributed by atoms with E-state index in [1.165, 1.54) is 0 Å². The normalized spacial score (nSPS) is 13.9. The van der Waals surface area contributed by atoms with Gasteiger partial charge < -0.3 is 25.0 Å². The van der Waals surface area contributed by atoms with E-state index in [1.54, 1.807) is 13.3 Å². The molecule has 2 heterocycles. The summed E-state index contributed by atoms with van der Waals surface area (Å²) in [6.45, 7) is 4.25. The number of hydrogen-bond acceptors (Lipinski definition) is 7. The summed E-state index contributed by atoms with van der Waals surface area (Å²) in [5.41, 5.74) is 1.98. The van der Waals surface area contributed by atoms with Crippen molar-refractivity contribution in [1.29, 1.82) is 0 Å². The Morgan fingerprint density at radius 1 is 1.22 bits per heavy atom. The molecule has 1 saturated heterocycles. The first-order valence-corrected chi connectivity index (χ1v) is 9.03. The summed E-state index contributed by atoms with van der Waals surface area (Å²) >= 11 is 0. The van der Waals surface area contributed by atoms with Crippen molar-refractivity contribution in [1.82, 2.24) is 15.5 Å². The van der Waals surface area contributed by atoms with Crippen molar-refractivity contribution in [2.75, 3.05) is 56.7 Å². The molecular formula is C19H25N5O3. The summed E-state index contributed by atoms with van der Waals surface area (Å²) < 4.78 is 10.5. The average molecular weight is 371 g/mol. The van der Waals surface area contributed by atoms with E-state index in [-0.39, 0.29) is 5.91 Å². The predicted octanol–water partition coefficient (Wildman–Crippen LogP) is 1.09. The smallest absolute Gasteiger partial charge is 0.224 e. The first-order valence-electron chi connectivity index (χ1n) is 9.03. The van der Waals surface area contributed by atoms with E-state index in [0.717, 1.165) is 43.3 Å². The maximum atomic E-state index is 12.0. The number of morpholine rings is 1. The summed E-state index contributed by atoms with van der Waals surface area (Å²) in [5, 5.41) is 14.2. The van der Waals surface area contributed by atoms with Crippen LogP contribution in [0.5, 0.6) is 5.75 Å². The van der Waals surface area contributed by atoms with E-state index in [0.29, 0.717) is 25.3 Å². The number of amides is 1. The molecule has 0 unspecified atom stereocenters. The number of carbonyl (C=O) groups excluding carboxylic acids is 1. The van der Waals surface area contributed by atoms with Gasteiger partial charge in [-0.3, -0.25) is 4.79 Å². The van der Waals surface area contributed by atoms with Gasteiger partial charge in [-0.1, -0.05) is 12.1 Å². The molecule has 144 valence electrons. The third-order valence-electron chi connectivity index (χ3n) is 4.29. The van der Waals surface area contributed by atoms with Gasteiger partial charge in [0, 0.05) is 32.2 Å². The van der Waals surface area contributed by atoms with Crippen molar-refractivity contribution in [2.45, 2.75) is 6.42 Å². The van der Waals surface area contributed by atoms with Crippen LogP contribution >= 0.6 is 0 Å². The van der Waals surface area contributed by atoms with Gasteiger partial charge in [-0.25, -0.2) is 0 Å². The fourth-order valence-corrected chi connectivity index (χ4v) is 2.82. The van der Waals surface area contributed by atoms with Crippen LogP contribution in [-0.4, -0.2) is 62.6 Å². The van der Waals surface area contributed by atoms with Gasteiger partial charge in [-0.05, 0) is 17.7 Å². The first kappa shape index (κ1) is 18.9. The molecule has 27 heavy (non-hydrogen) atoms. The van der Waals surface area contributed by atoms with Gasteiger partial charge in [0.1, 0.15) is 5.75 Å². The van der Waals surface area contributed by atoms with Crippen LogP contribution in [-0.2, 0) is 16.0 Å². The minimum atomic E-state index is -0.0184. The van der Waals surface area contributed by atoms with Crippen LogP contribution < -0.4 is 20.3 Å². The topological polar surface area (TPSA) is 88.6 Å². The molecule has 0 bridgehead atoms. The summed E-state index contributed by atoms with van der Waals surface area (Å²) in [6.07, 6.45) is 2.10. The molecule has 2 aromatic rings. The zero-order chi connectivity index (χ0) is 18.9. The molecule has 3 rings (SSSR count). The minimum Gasteiger partial charge on any atom is -0.497 e. The predicted molar refractivity (Wildman–Crippen MR) is 103 cm³/mol. The number of nitrogens with zero attached hydrogens (tertiary/aromatic N) is 3. The molecule has 1 aromatic carbocycles. The van der Waals surface area contributed by atoms with Crippen molar-refractivity contribution in [3.63, 3.8) is 0 Å². The zero-order valence-electron chi connectivity index (χ0n) is 15.5. The molecule has 1 fully saturated rings. The summed E-state index contributed by atoms with van der Waals surface area (Å²) in [5.74, 6) is 1.46. The van der Waals surface area contributed by atoms with E-state index in [4.69, 9.17) is 9.47 Å². The molecule has 0 saturated carbocycles. The number of benzene rings is 1. The quantitative estimate of drug-likeness (QED) is 0.672. The third-order valence-corrected chi connectivity index (χ3v) is 4.29. The molecule has 0 radical (unpaired) electrons. The Kier molecular flexibility index (Phi) is 6.81. The standard InChI is InChI=1S/C19H25N5O3/c1-26-17-4-2-15(3-5-17)12-19(25)21-7-6-20-18-13-16(14-22-23-18)24-8-10-27-11-9-24/h2-5,13-14H,6-12H2,1H3,(H,20,23)(H,21,25). The summed E-state index contributed by atoms with van der Waals surface area (Å²) in [4.78, 5) is 14.2. The number of hydrogen-bond donors (Lipinski definition) is 2. The molecule has 0 aliphatic carbocycles. The van der Waals surface area contributed by atoms with Crippen LogP contribution in [0.3, 0.4) is 0 Å². The van der Waals surface area contributed by atoms with Crippen LogP contribution in [0.2, 0.25) is 0 Å². The first-order chi connectivity index (χ1) is 13.2. The Morgan fingerprint density at radius 3 is 2.74 bits per heavy atom. The highest BCUT2D eigenvalue weighted by Crippen LogP contribution is 2.17. The van der Waals surface area contributed by atoms with Gasteiger partial charge >= 0.3 is 0 Å². The highest BCUT2D eigenvalue weighted by Gasteiger charge is 2.12. The van der Waals surface area contributed by atoms with Gasteiger partial charge in [0.15, 0.2) is 5.82 Å². The van der Waals surface area contributed by atoms with Gasteiger partial charge in [0.05, 0.1) is 38.6 Å². The van der Waals surface area contributed by atoms with E-state index in [9.17, 15) is 4.79 Å². The fraction of sp³-hybridized carbons (Fsp3) is 0.421. The molecule has 2 N–H and O–H groups in total. The molecule has 8 heteroatoms. The monoisotopic (exact) mass is 371 g/mol. The largest absolute Gasteiger partial charge is 0.497 e. The second kappa shape index (κ2) is 9.72. The van der Waals surface area contributed by atoms with E-state index >= 15 is 0 Å². The second-order valence-corrected chi connectivity index (χ2v) is 6.20. The van der Waals surface area contributed by atoms with Crippen LogP contribution in [0.15, 0.2) is 36.5 Å². The van der Waals surface area contributed by atoms with Gasteiger partial charge in [0.2, 0.25) is 5.91 Å². The lowest BCUT2D eigenvalue weighted by atomic mass is 10.1. The summed E-state index contributed by atoms with van der Waals surface area (Å²) in [7, 11) is 1.62. The van der Waals surface area contributed by atoms with E-state index < -0.39 is 0 Å². The number of aromatic nitrogens is 2. The van der Waals surface area contributed by atoms with Crippen LogP contribution in [0, 0.1) is 0 Å². The highest BCUT2D eigenvalue weighted by molar-refractivity contribution is 5.78. The molecule has 1 aliphatic rings. The molecule has 8 nitrogen and oxygen atoms in total. The van der Waals surface area contributed by atoms with Crippen molar-refractivity contribution < 1.29 is 14.3 Å². The molecule has 0 atom stereocenters. The molecular weight excluding hydrogens is 346 g/mol. The van der Waals surface area contributed by atoms with Crippen LogP contribution in [0.25, 0.3) is 0 Å². The van der Waals surface area contributed by atoms with Crippen molar-refractivity contribution in [3.05, 3.63) is 42.1 Å². The Bertz CT molecular complexity index is 732.